The fourth-order valence-corrected chi connectivity index (χ4v) is 1.06. The summed E-state index contributed by atoms with van der Waals surface area (Å²) in [5.41, 5.74) is 0. The minimum Gasteiger partial charge on any atom is -1.00 e. The van der Waals surface area contributed by atoms with Crippen molar-refractivity contribution in [1.29, 1.82) is 0 Å². The number of hydrogen-bond donors (Lipinski definition) is 0. The van der Waals surface area contributed by atoms with Crippen LogP contribution in [0, 0.1) is 0 Å². The van der Waals surface area contributed by atoms with Gasteiger partial charge in [0.25, 0.3) is 0 Å². The van der Waals surface area contributed by atoms with Crippen molar-refractivity contribution < 1.29 is 56.1 Å². The minimum absolute atomic E-state index is 0. The van der Waals surface area contributed by atoms with Crippen molar-refractivity contribution in [2.75, 3.05) is 0 Å². The van der Waals surface area contributed by atoms with Gasteiger partial charge in [-0.1, -0.05) is 38.5 Å². The summed E-state index contributed by atoms with van der Waals surface area (Å²) in [4.78, 5) is 0. The summed E-state index contributed by atoms with van der Waals surface area (Å²) in [7, 11) is 0. The molecule has 0 saturated heterocycles. The fraction of sp³-hybridized carbons (Fsp3) is 1.00. The van der Waals surface area contributed by atoms with Gasteiger partial charge < -0.3 is 37.2 Å². The molecule has 1 aliphatic rings. The average Bonchev–Trinajstić information content (AvgIpc) is 1.72. The second-order valence-corrected chi connectivity index (χ2v) is 2.12. The molecule has 1 saturated carbocycles. The second kappa shape index (κ2) is 22.8. The van der Waals surface area contributed by atoms with E-state index in [0.717, 1.165) is 0 Å². The third kappa shape index (κ3) is 18.9. The molecule has 0 nitrogen and oxygen atoms in total. The van der Waals surface area contributed by atoms with Crippen LogP contribution in [-0.4, -0.2) is 23.1 Å². The standard InChI is InChI=1S/C6H12.3ClH.Li.Mg/c1-2-4-6-5-3-1;;;;;/h1-6H2;3*1H;;/q;;;;+1;+2/p-3. The van der Waals surface area contributed by atoms with Crippen molar-refractivity contribution in [3.63, 3.8) is 0 Å². The van der Waals surface area contributed by atoms with Gasteiger partial charge in [-0.05, 0) is 0 Å². The van der Waals surface area contributed by atoms with E-state index < -0.39 is 0 Å². The summed E-state index contributed by atoms with van der Waals surface area (Å²) >= 11 is 0. The Kier molecular flexibility index (Phi) is 60.5. The van der Waals surface area contributed by atoms with Gasteiger partial charge in [-0.2, -0.15) is 0 Å². The van der Waals surface area contributed by atoms with Gasteiger partial charge in [0, 0.05) is 0 Å². The molecule has 5 heteroatoms. The quantitative estimate of drug-likeness (QED) is 0.357. The van der Waals surface area contributed by atoms with Gasteiger partial charge in [-0.3, -0.25) is 0 Å². The van der Waals surface area contributed by atoms with Crippen molar-refractivity contribution in [1.82, 2.24) is 0 Å². The van der Waals surface area contributed by atoms with Gasteiger partial charge in [0.05, 0.1) is 0 Å². The molecule has 0 unspecified atom stereocenters. The predicted molar refractivity (Wildman–Crippen MR) is 33.5 cm³/mol. The summed E-state index contributed by atoms with van der Waals surface area (Å²) in [5.74, 6) is 0. The van der Waals surface area contributed by atoms with Gasteiger partial charge in [0.15, 0.2) is 0 Å². The Bertz CT molecular complexity index is 33.3. The maximum absolute atomic E-state index is 1.50. The Balaban J connectivity index is -0.0000000240. The van der Waals surface area contributed by atoms with Crippen LogP contribution in [0.15, 0.2) is 0 Å². The zero-order chi connectivity index (χ0) is 4.24. The topological polar surface area (TPSA) is 0 Å². The Hall–Kier alpha value is 2.23. The largest absolute Gasteiger partial charge is 2.00 e. The molecule has 0 atom stereocenters. The zero-order valence-corrected chi connectivity index (χ0v) is 10.8. The summed E-state index contributed by atoms with van der Waals surface area (Å²) in [6, 6.07) is 0. The number of hydrogen-bond acceptors (Lipinski definition) is 0. The minimum atomic E-state index is 0. The molecule has 1 fully saturated rings. The van der Waals surface area contributed by atoms with E-state index in [-0.39, 0.29) is 79.1 Å². The molecule has 0 aromatic heterocycles. The Labute approximate surface area is 117 Å². The third-order valence-electron chi connectivity index (χ3n) is 1.50. The third-order valence-corrected chi connectivity index (χ3v) is 1.50. The summed E-state index contributed by atoms with van der Waals surface area (Å²) in [6.07, 6.45) is 9.00. The van der Waals surface area contributed by atoms with E-state index >= 15 is 0 Å². The SMILES string of the molecule is C1CCCCC1.[Cl-].[Cl-].[Cl-].[Li+].[Mg+2]. The van der Waals surface area contributed by atoms with Crippen LogP contribution in [-0.2, 0) is 0 Å². The number of rotatable bonds is 0. The van der Waals surface area contributed by atoms with Gasteiger partial charge in [0.2, 0.25) is 0 Å². The molecule has 0 heterocycles. The normalized spacial score (nSPS) is 13.1. The van der Waals surface area contributed by atoms with Gasteiger partial charge in [-0.25, -0.2) is 0 Å². The first-order valence-electron chi connectivity index (χ1n) is 3.00. The van der Waals surface area contributed by atoms with E-state index in [9.17, 15) is 0 Å². The van der Waals surface area contributed by atoms with Crippen LogP contribution in [0.25, 0.3) is 0 Å². The molecule has 1 rings (SSSR count). The molecule has 0 N–H and O–H groups in total. The molecule has 0 bridgehead atoms. The van der Waals surface area contributed by atoms with Crippen LogP contribution in [0.4, 0.5) is 0 Å². The Morgan fingerprint density at radius 1 is 0.455 bits per heavy atom. The van der Waals surface area contributed by atoms with Gasteiger partial charge >= 0.3 is 41.9 Å². The van der Waals surface area contributed by atoms with Crippen LogP contribution in [0.3, 0.4) is 0 Å². The van der Waals surface area contributed by atoms with E-state index in [0.29, 0.717) is 0 Å². The van der Waals surface area contributed by atoms with Crippen molar-refractivity contribution in [3.05, 3.63) is 0 Å². The Morgan fingerprint density at radius 2 is 0.545 bits per heavy atom. The van der Waals surface area contributed by atoms with Crippen LogP contribution >= 0.6 is 0 Å². The smallest absolute Gasteiger partial charge is 1.00 e. The summed E-state index contributed by atoms with van der Waals surface area (Å²) in [6.45, 7) is 0. The van der Waals surface area contributed by atoms with E-state index in [4.69, 9.17) is 0 Å². The summed E-state index contributed by atoms with van der Waals surface area (Å²) < 4.78 is 0. The van der Waals surface area contributed by atoms with E-state index in [2.05, 4.69) is 0 Å². The van der Waals surface area contributed by atoms with Crippen LogP contribution in [0.2, 0.25) is 0 Å². The van der Waals surface area contributed by atoms with Crippen LogP contribution in [0.1, 0.15) is 38.5 Å². The molecule has 0 amide bonds. The van der Waals surface area contributed by atoms with Gasteiger partial charge in [-0.15, -0.1) is 0 Å². The van der Waals surface area contributed by atoms with E-state index in [1.165, 1.54) is 38.5 Å². The fourth-order valence-electron chi connectivity index (χ4n) is 1.06. The van der Waals surface area contributed by atoms with E-state index in [1.807, 2.05) is 0 Å². The Morgan fingerprint density at radius 3 is 0.636 bits per heavy atom. The van der Waals surface area contributed by atoms with Gasteiger partial charge in [0.1, 0.15) is 0 Å². The first-order chi connectivity index (χ1) is 3.00. The van der Waals surface area contributed by atoms with Crippen molar-refractivity contribution in [3.8, 4) is 0 Å². The zero-order valence-electron chi connectivity index (χ0n) is 7.08. The summed E-state index contributed by atoms with van der Waals surface area (Å²) in [5, 5.41) is 0. The molecule has 1 aliphatic carbocycles. The molecule has 11 heavy (non-hydrogen) atoms. The molecular formula is C6H12Cl3LiMg. The van der Waals surface area contributed by atoms with Crippen molar-refractivity contribution in [2.24, 2.45) is 0 Å². The molecule has 0 aromatic carbocycles. The molecule has 0 aromatic rings. The first-order valence-corrected chi connectivity index (χ1v) is 3.00. The maximum Gasteiger partial charge on any atom is 2.00 e. The average molecular weight is 222 g/mol. The molecule has 60 valence electrons. The molecule has 0 spiro atoms. The van der Waals surface area contributed by atoms with Crippen LogP contribution in [0.5, 0.6) is 0 Å². The maximum atomic E-state index is 1.50. The number of halogens is 3. The molecule has 0 aliphatic heterocycles. The monoisotopic (exact) mass is 220 g/mol. The van der Waals surface area contributed by atoms with E-state index in [1.54, 1.807) is 0 Å². The molecule has 0 radical (unpaired) electrons. The van der Waals surface area contributed by atoms with Crippen LogP contribution < -0.4 is 56.1 Å². The van der Waals surface area contributed by atoms with Crippen molar-refractivity contribution >= 4 is 23.1 Å². The first kappa shape index (κ1) is 29.2. The molecular weight excluding hydrogens is 210 g/mol. The second-order valence-electron chi connectivity index (χ2n) is 2.12. The van der Waals surface area contributed by atoms with Crippen molar-refractivity contribution in [2.45, 2.75) is 38.5 Å². The predicted octanol–water partition coefficient (Wildman–Crippen LogP) is -10.0.